The molecule has 3 aromatic carbocycles. The molecule has 12 rings (SSSR count). The van der Waals surface area contributed by atoms with E-state index in [2.05, 4.69) is 76.5 Å². The predicted molar refractivity (Wildman–Crippen MR) is 461 cm³/mol. The summed E-state index contributed by atoms with van der Waals surface area (Å²) in [5.41, 5.74) is -0.763. The molecular formula is C81H110Cl3F7N18O12S3. The maximum absolute atomic E-state index is 15.1. The number of hydrogen-bond acceptors (Lipinski definition) is 24. The van der Waals surface area contributed by atoms with Crippen molar-refractivity contribution in [1.29, 1.82) is 0 Å². The zero-order valence-electron chi connectivity index (χ0n) is 71.3. The molecular weight excluding hydrogens is 1750 g/mol. The van der Waals surface area contributed by atoms with E-state index < -0.39 is 77.4 Å². The lowest BCUT2D eigenvalue weighted by Gasteiger charge is -2.37. The highest BCUT2D eigenvalue weighted by Crippen LogP contribution is 2.43. The Morgan fingerprint density at radius 1 is 0.427 bits per heavy atom. The van der Waals surface area contributed by atoms with Crippen LogP contribution in [0, 0.1) is 23.6 Å². The number of methoxy groups -OCH3 is 3. The van der Waals surface area contributed by atoms with Crippen LogP contribution in [0.2, 0.25) is 15.1 Å². The number of aromatic nitrogens is 6. The van der Waals surface area contributed by atoms with Crippen molar-refractivity contribution in [2.24, 2.45) is 17.8 Å². The number of likely N-dealkylation sites (tertiary alicyclic amines) is 3. The lowest BCUT2D eigenvalue weighted by atomic mass is 9.81. The summed E-state index contributed by atoms with van der Waals surface area (Å²) in [6, 6.07) is 7.39. The molecule has 6 aliphatic rings. The van der Waals surface area contributed by atoms with Crippen molar-refractivity contribution in [1.82, 2.24) is 73.5 Å². The Labute approximate surface area is 735 Å². The van der Waals surface area contributed by atoms with Gasteiger partial charge in [0.1, 0.15) is 23.1 Å². The van der Waals surface area contributed by atoms with Crippen LogP contribution in [-0.4, -0.2) is 258 Å². The molecule has 3 aliphatic heterocycles. The molecule has 0 bridgehead atoms. The molecule has 6 N–H and O–H groups in total. The third kappa shape index (κ3) is 26.2. The van der Waals surface area contributed by atoms with Crippen molar-refractivity contribution < 1.29 is 84.6 Å². The summed E-state index contributed by atoms with van der Waals surface area (Å²) in [6.07, 6.45) is 9.13. The van der Waals surface area contributed by atoms with E-state index in [0.29, 0.717) is 55.4 Å². The number of ether oxygens (including phenoxy) is 3. The second-order valence-electron chi connectivity index (χ2n) is 32.8. The highest BCUT2D eigenvalue weighted by Gasteiger charge is 2.43. The Hall–Kier alpha value is -7.90. The largest absolute Gasteiger partial charge is 0.495 e. The van der Waals surface area contributed by atoms with Crippen LogP contribution in [0.15, 0.2) is 55.0 Å². The number of nitrogens with zero attached hydrogens (tertiary/aromatic N) is 12. The summed E-state index contributed by atoms with van der Waals surface area (Å²) in [5, 5.41) is 18.3. The standard InChI is InChI=1S/C28H38ClF3N6O4S.C27H36ClF3N6O4S.C26H36ClFN6O4S/c1-37-11-9-18(10-12-37)34-26(39)19-14-25(42-3)23(15-21(19)29)36-27-33-16-20(28(30,31)32)22(35-27)13-17-7-5-6-8-24(17)38(2)43(4,40)41;1-36-10-8-17(9-11-36)33-25(38)18-13-24(41-3)22(14-20(18)28)35-26-32-15-19(27(29,30)31)21(34-26)12-16-6-5-7-23(16)37(2)42(4,39)40;1-33-10-8-17(9-11-33)30-25(35)18-13-24(38-3)22(14-20(18)28)32-26-29-15-19(27)21(31-26)12-16-6-5-7-23(16)34(2)39(4,36)37/h14-18,24H,5-13H2,1-4H3,(H,34,39)(H,33,35,36);13-17,23H,5-12H2,1-4H3,(H,33,38)(H,32,34,35);13-17,23H,5-12H2,1-4H3,(H,30,35)(H,29,31,32)/t17-,24+;2*16-,23+/m000/s1. The van der Waals surface area contributed by atoms with Gasteiger partial charge in [-0.25, -0.2) is 72.5 Å². The molecule has 0 radical (unpaired) electrons. The van der Waals surface area contributed by atoms with Crippen molar-refractivity contribution in [3.63, 3.8) is 0 Å². The molecule has 6 heterocycles. The minimum atomic E-state index is -4.70. The van der Waals surface area contributed by atoms with Crippen LogP contribution in [0.5, 0.6) is 17.2 Å². The maximum atomic E-state index is 15.1. The van der Waals surface area contributed by atoms with Gasteiger partial charge in [0.05, 0.1) is 123 Å². The number of nitrogens with one attached hydrogen (secondary N) is 6. The van der Waals surface area contributed by atoms with Gasteiger partial charge < -0.3 is 60.8 Å². The van der Waals surface area contributed by atoms with Crippen molar-refractivity contribution in [2.75, 3.05) is 138 Å². The number of alkyl halides is 6. The molecule has 684 valence electrons. The van der Waals surface area contributed by atoms with Crippen LogP contribution in [0.1, 0.15) is 162 Å². The van der Waals surface area contributed by atoms with Gasteiger partial charge in [0, 0.05) is 75.9 Å². The summed E-state index contributed by atoms with van der Waals surface area (Å²) in [6.45, 7) is 5.23. The highest BCUT2D eigenvalue weighted by molar-refractivity contribution is 7.88. The number of carbonyl (C=O) groups is 3. The first-order valence-electron chi connectivity index (χ1n) is 40.9. The van der Waals surface area contributed by atoms with E-state index in [4.69, 9.17) is 49.0 Å². The number of carbonyl (C=O) groups excluding carboxylic acids is 3. The average Bonchev–Trinajstić information content (AvgIpc) is 0.961. The smallest absolute Gasteiger partial charge is 0.419 e. The number of rotatable bonds is 27. The molecule has 30 nitrogen and oxygen atoms in total. The van der Waals surface area contributed by atoms with E-state index in [0.717, 1.165) is 129 Å². The van der Waals surface area contributed by atoms with Crippen molar-refractivity contribution in [3.8, 4) is 17.2 Å². The van der Waals surface area contributed by atoms with E-state index in [-0.39, 0.29) is 157 Å². The fourth-order valence-electron chi connectivity index (χ4n) is 16.8. The summed E-state index contributed by atoms with van der Waals surface area (Å²) >= 11 is 19.4. The number of benzene rings is 3. The Kier molecular flexibility index (Phi) is 33.6. The molecule has 0 unspecified atom stereocenters. The first-order valence-corrected chi connectivity index (χ1v) is 47.6. The van der Waals surface area contributed by atoms with Crippen LogP contribution in [0.3, 0.4) is 0 Å². The molecule has 0 spiro atoms. The zero-order chi connectivity index (χ0) is 90.7. The normalized spacial score (nSPS) is 20.7. The molecule has 3 amide bonds. The van der Waals surface area contributed by atoms with E-state index in [9.17, 15) is 66.0 Å². The lowest BCUT2D eigenvalue weighted by Crippen LogP contribution is -2.44. The number of halogens is 10. The van der Waals surface area contributed by atoms with Gasteiger partial charge in [-0.3, -0.25) is 14.4 Å². The second kappa shape index (κ2) is 42.4. The Morgan fingerprint density at radius 3 is 1.06 bits per heavy atom. The Balaban J connectivity index is 0.000000195. The van der Waals surface area contributed by atoms with Crippen LogP contribution in [0.4, 0.5) is 65.6 Å². The molecule has 3 saturated carbocycles. The summed E-state index contributed by atoms with van der Waals surface area (Å²) in [4.78, 5) is 70.4. The number of amides is 3. The minimum absolute atomic E-state index is 0.00512. The SMILES string of the molecule is COc1cc(C(=O)NC2CCN(C)CC2)c(Cl)cc1Nc1ncc(C(F)(F)F)c(C[C@@H]2CCCC[C@H]2N(C)S(C)(=O)=O)n1.COc1cc(C(=O)NC2CCN(C)CC2)c(Cl)cc1Nc1ncc(C(F)(F)F)c(C[C@@H]2CCC[C@H]2N(C)S(C)(=O)=O)n1.COc1cc(C(=O)NC2CCN(C)CC2)c(F)cc1Nc1ncc(Cl)c(C[C@@H]2CCC[C@H]2N(C)S(C)(=O)=O)n1. The van der Waals surface area contributed by atoms with Crippen LogP contribution in [0.25, 0.3) is 0 Å². The summed E-state index contributed by atoms with van der Waals surface area (Å²) in [7, 11) is 4.43. The molecule has 3 aliphatic carbocycles. The third-order valence-electron chi connectivity index (χ3n) is 24.1. The van der Waals surface area contributed by atoms with Gasteiger partial charge in [-0.1, -0.05) is 60.5 Å². The highest BCUT2D eigenvalue weighted by atomic mass is 35.5. The summed E-state index contributed by atoms with van der Waals surface area (Å²) < 4.78 is 192. The summed E-state index contributed by atoms with van der Waals surface area (Å²) in [5.74, 6) is -1.88. The molecule has 6 fully saturated rings. The van der Waals surface area contributed by atoms with Crippen LogP contribution < -0.4 is 46.1 Å². The number of anilines is 6. The fourth-order valence-corrected chi connectivity index (χ4v) is 19.8. The minimum Gasteiger partial charge on any atom is -0.495 e. The van der Waals surface area contributed by atoms with Crippen LogP contribution in [-0.2, 0) is 61.7 Å². The van der Waals surface area contributed by atoms with E-state index in [1.54, 1.807) is 7.05 Å². The number of hydrogen-bond donors (Lipinski definition) is 6. The quantitative estimate of drug-likeness (QED) is 0.0261. The van der Waals surface area contributed by atoms with Gasteiger partial charge in [-0.2, -0.15) is 26.3 Å². The fraction of sp³-hybridized carbons (Fsp3) is 0.593. The van der Waals surface area contributed by atoms with Crippen LogP contribution >= 0.6 is 34.8 Å². The molecule has 3 aromatic heterocycles. The first-order chi connectivity index (χ1) is 58.3. The van der Waals surface area contributed by atoms with Crippen molar-refractivity contribution in [3.05, 3.63) is 121 Å². The average molecular weight is 1860 g/mol. The van der Waals surface area contributed by atoms with E-state index in [1.807, 2.05) is 21.1 Å². The molecule has 6 atom stereocenters. The Bertz CT molecular complexity index is 5120. The van der Waals surface area contributed by atoms with Gasteiger partial charge >= 0.3 is 12.4 Å². The van der Waals surface area contributed by atoms with Crippen molar-refractivity contribution in [2.45, 2.75) is 171 Å². The van der Waals surface area contributed by atoms with Gasteiger partial charge in [0.25, 0.3) is 17.7 Å². The Morgan fingerprint density at radius 2 is 0.718 bits per heavy atom. The van der Waals surface area contributed by atoms with E-state index in [1.165, 1.54) is 97.2 Å². The maximum Gasteiger partial charge on any atom is 0.419 e. The molecule has 124 heavy (non-hydrogen) atoms. The number of piperidine rings is 3. The van der Waals surface area contributed by atoms with Gasteiger partial charge in [-0.05, 0) is 205 Å². The van der Waals surface area contributed by atoms with Gasteiger partial charge in [-0.15, -0.1) is 0 Å². The molecule has 3 saturated heterocycles. The topological polar surface area (TPSA) is 350 Å². The third-order valence-corrected chi connectivity index (χ3v) is 29.0. The lowest BCUT2D eigenvalue weighted by molar-refractivity contribution is -0.139. The van der Waals surface area contributed by atoms with Gasteiger partial charge in [0.15, 0.2) is 0 Å². The van der Waals surface area contributed by atoms with Gasteiger partial charge in [0.2, 0.25) is 47.9 Å². The molecule has 6 aromatic rings. The molecule has 43 heteroatoms. The monoisotopic (exact) mass is 1860 g/mol. The predicted octanol–water partition coefficient (Wildman–Crippen LogP) is 12.5. The van der Waals surface area contributed by atoms with Crippen molar-refractivity contribution >= 4 is 118 Å². The van der Waals surface area contributed by atoms with E-state index >= 15 is 4.39 Å². The zero-order valence-corrected chi connectivity index (χ0v) is 76.1. The number of sulfonamides is 3. The first kappa shape index (κ1) is 98.3. The second-order valence-corrected chi connectivity index (χ2v) is 40.1.